The fraction of sp³-hybridized carbons (Fsp3) is 0.105. The Bertz CT molecular complexity index is 1180. The van der Waals surface area contributed by atoms with Crippen LogP contribution in [0, 0.1) is 17.0 Å². The molecule has 0 spiro atoms. The standard InChI is InChI=1S/C19H15ClN4O5/c1-11-8-17(26)18(22-23(11)15-5-3-2-4-14(15)20)19(27)21-10-12-9-13(24(28)29)6-7-16(12)25/h2-9,25H,10H2,1H3,(H,21,27). The Morgan fingerprint density at radius 3 is 2.69 bits per heavy atom. The number of para-hydroxylation sites is 1. The van der Waals surface area contributed by atoms with E-state index in [0.29, 0.717) is 16.4 Å². The minimum atomic E-state index is -0.790. The number of aromatic hydroxyl groups is 1. The van der Waals surface area contributed by atoms with Crippen LogP contribution in [0.15, 0.2) is 53.3 Å². The van der Waals surface area contributed by atoms with Gasteiger partial charge in [0, 0.05) is 36.0 Å². The number of rotatable bonds is 5. The number of amides is 1. The molecule has 3 aromatic rings. The second-order valence-corrected chi connectivity index (χ2v) is 6.52. The van der Waals surface area contributed by atoms with Gasteiger partial charge in [-0.25, -0.2) is 4.68 Å². The Balaban J connectivity index is 1.90. The summed E-state index contributed by atoms with van der Waals surface area (Å²) in [6.07, 6.45) is 0. The molecule has 1 heterocycles. The van der Waals surface area contributed by atoms with Crippen LogP contribution in [-0.2, 0) is 6.54 Å². The topological polar surface area (TPSA) is 127 Å². The van der Waals surface area contributed by atoms with Crippen molar-refractivity contribution in [1.29, 1.82) is 0 Å². The van der Waals surface area contributed by atoms with E-state index in [9.17, 15) is 24.8 Å². The Kier molecular flexibility index (Phi) is 5.60. The van der Waals surface area contributed by atoms with Crippen molar-refractivity contribution < 1.29 is 14.8 Å². The summed E-state index contributed by atoms with van der Waals surface area (Å²) in [7, 11) is 0. The van der Waals surface area contributed by atoms with Gasteiger partial charge in [-0.15, -0.1) is 0 Å². The predicted molar refractivity (Wildman–Crippen MR) is 106 cm³/mol. The predicted octanol–water partition coefficient (Wildman–Crippen LogP) is 2.74. The number of hydrogen-bond acceptors (Lipinski definition) is 6. The summed E-state index contributed by atoms with van der Waals surface area (Å²) in [6.45, 7) is 1.42. The summed E-state index contributed by atoms with van der Waals surface area (Å²) in [4.78, 5) is 35.0. The zero-order valence-corrected chi connectivity index (χ0v) is 15.9. The van der Waals surface area contributed by atoms with Crippen molar-refractivity contribution >= 4 is 23.2 Å². The van der Waals surface area contributed by atoms with Crippen LogP contribution in [0.5, 0.6) is 5.75 Å². The van der Waals surface area contributed by atoms with E-state index in [4.69, 9.17) is 11.6 Å². The molecule has 2 N–H and O–H groups in total. The minimum Gasteiger partial charge on any atom is -0.508 e. The van der Waals surface area contributed by atoms with Gasteiger partial charge in [-0.1, -0.05) is 23.7 Å². The molecule has 0 atom stereocenters. The fourth-order valence-electron chi connectivity index (χ4n) is 2.66. The van der Waals surface area contributed by atoms with E-state index < -0.39 is 16.3 Å². The lowest BCUT2D eigenvalue weighted by Gasteiger charge is -2.12. The van der Waals surface area contributed by atoms with E-state index in [0.717, 1.165) is 18.2 Å². The summed E-state index contributed by atoms with van der Waals surface area (Å²) in [5.74, 6) is -1.01. The van der Waals surface area contributed by atoms with Gasteiger partial charge in [-0.2, -0.15) is 5.10 Å². The second-order valence-electron chi connectivity index (χ2n) is 6.11. The van der Waals surface area contributed by atoms with Crippen LogP contribution in [0.25, 0.3) is 5.69 Å². The average Bonchev–Trinajstić information content (AvgIpc) is 2.68. The Labute approximate surface area is 169 Å². The number of nitrogens with zero attached hydrogens (tertiary/aromatic N) is 3. The van der Waals surface area contributed by atoms with Crippen molar-refractivity contribution in [2.45, 2.75) is 13.5 Å². The number of carbonyl (C=O) groups is 1. The molecule has 29 heavy (non-hydrogen) atoms. The minimum absolute atomic E-state index is 0.131. The van der Waals surface area contributed by atoms with Gasteiger partial charge in [0.25, 0.3) is 11.6 Å². The molecular formula is C19H15ClN4O5. The molecule has 0 bridgehead atoms. The first-order valence-electron chi connectivity index (χ1n) is 8.38. The number of phenols is 1. The monoisotopic (exact) mass is 414 g/mol. The summed E-state index contributed by atoms with van der Waals surface area (Å²) < 4.78 is 1.38. The average molecular weight is 415 g/mol. The molecule has 0 aliphatic rings. The van der Waals surface area contributed by atoms with Gasteiger partial charge in [-0.05, 0) is 25.1 Å². The second kappa shape index (κ2) is 8.11. The maximum atomic E-state index is 12.5. The van der Waals surface area contributed by atoms with Gasteiger partial charge >= 0.3 is 0 Å². The number of non-ortho nitro benzene ring substituents is 1. The van der Waals surface area contributed by atoms with Crippen LogP contribution in [0.1, 0.15) is 21.7 Å². The lowest BCUT2D eigenvalue weighted by Crippen LogP contribution is -2.31. The van der Waals surface area contributed by atoms with Gasteiger partial charge in [0.05, 0.1) is 15.6 Å². The van der Waals surface area contributed by atoms with Crippen molar-refractivity contribution in [3.63, 3.8) is 0 Å². The van der Waals surface area contributed by atoms with Crippen LogP contribution in [0.2, 0.25) is 5.02 Å². The SMILES string of the molecule is Cc1cc(=O)c(C(=O)NCc2cc([N+](=O)[O-])ccc2O)nn1-c1ccccc1Cl. The first kappa shape index (κ1) is 20.0. The molecule has 148 valence electrons. The zero-order valence-electron chi connectivity index (χ0n) is 15.1. The fourth-order valence-corrected chi connectivity index (χ4v) is 2.87. The van der Waals surface area contributed by atoms with Gasteiger partial charge in [0.15, 0.2) is 5.69 Å². The van der Waals surface area contributed by atoms with Crippen molar-refractivity contribution in [3.05, 3.63) is 90.8 Å². The molecule has 0 saturated heterocycles. The molecule has 0 aliphatic carbocycles. The molecule has 9 nitrogen and oxygen atoms in total. The highest BCUT2D eigenvalue weighted by Crippen LogP contribution is 2.23. The molecule has 3 rings (SSSR count). The molecule has 2 aromatic carbocycles. The van der Waals surface area contributed by atoms with Crippen LogP contribution >= 0.6 is 11.6 Å². The van der Waals surface area contributed by atoms with Crippen LogP contribution in [0.4, 0.5) is 5.69 Å². The number of phenolic OH excluding ortho intramolecular Hbond substituents is 1. The number of carbonyl (C=O) groups excluding carboxylic acids is 1. The van der Waals surface area contributed by atoms with E-state index in [1.165, 1.54) is 10.7 Å². The number of aryl methyl sites for hydroxylation is 1. The Morgan fingerprint density at radius 2 is 2.00 bits per heavy atom. The van der Waals surface area contributed by atoms with Crippen LogP contribution in [-0.4, -0.2) is 25.7 Å². The third-order valence-corrected chi connectivity index (χ3v) is 4.44. The van der Waals surface area contributed by atoms with E-state index in [1.807, 2.05) is 0 Å². The van der Waals surface area contributed by atoms with Crippen molar-refractivity contribution in [2.75, 3.05) is 0 Å². The summed E-state index contributed by atoms with van der Waals surface area (Å²) in [5, 5.41) is 27.7. The third kappa shape index (κ3) is 4.25. The number of nitro benzene ring substituents is 1. The highest BCUT2D eigenvalue weighted by atomic mass is 35.5. The summed E-state index contributed by atoms with van der Waals surface area (Å²) >= 11 is 6.18. The molecule has 1 aromatic heterocycles. The normalized spacial score (nSPS) is 10.6. The molecule has 0 fully saturated rings. The molecule has 0 radical (unpaired) electrons. The summed E-state index contributed by atoms with van der Waals surface area (Å²) in [5.41, 5.74) is -0.0901. The van der Waals surface area contributed by atoms with E-state index in [1.54, 1.807) is 31.2 Å². The largest absolute Gasteiger partial charge is 0.508 e. The molecule has 0 saturated carbocycles. The van der Waals surface area contributed by atoms with Crippen LogP contribution < -0.4 is 10.7 Å². The lowest BCUT2D eigenvalue weighted by molar-refractivity contribution is -0.384. The van der Waals surface area contributed by atoms with Gasteiger partial charge in [0.2, 0.25) is 5.43 Å². The van der Waals surface area contributed by atoms with E-state index in [-0.39, 0.29) is 29.2 Å². The smallest absolute Gasteiger partial charge is 0.276 e. The molecule has 1 amide bonds. The molecule has 10 heteroatoms. The maximum Gasteiger partial charge on any atom is 0.276 e. The van der Waals surface area contributed by atoms with Crippen LogP contribution in [0.3, 0.4) is 0 Å². The highest BCUT2D eigenvalue weighted by molar-refractivity contribution is 6.32. The van der Waals surface area contributed by atoms with E-state index >= 15 is 0 Å². The van der Waals surface area contributed by atoms with E-state index in [2.05, 4.69) is 10.4 Å². The molecular weight excluding hydrogens is 400 g/mol. The van der Waals surface area contributed by atoms with Crippen molar-refractivity contribution in [3.8, 4) is 11.4 Å². The maximum absolute atomic E-state index is 12.5. The number of aromatic nitrogens is 2. The third-order valence-electron chi connectivity index (χ3n) is 4.12. The number of hydrogen-bond donors (Lipinski definition) is 2. The first-order valence-corrected chi connectivity index (χ1v) is 8.76. The molecule has 0 aliphatic heterocycles. The summed E-state index contributed by atoms with van der Waals surface area (Å²) in [6, 6.07) is 11.5. The van der Waals surface area contributed by atoms with Gasteiger partial charge in [-0.3, -0.25) is 19.7 Å². The quantitative estimate of drug-likeness (QED) is 0.488. The number of nitro groups is 1. The first-order chi connectivity index (χ1) is 13.8. The number of nitrogens with one attached hydrogen (secondary N) is 1. The highest BCUT2D eigenvalue weighted by Gasteiger charge is 2.17. The van der Waals surface area contributed by atoms with Gasteiger partial charge in [0.1, 0.15) is 5.75 Å². The number of halogens is 1. The Morgan fingerprint density at radius 1 is 1.28 bits per heavy atom. The zero-order chi connectivity index (χ0) is 21.1. The lowest BCUT2D eigenvalue weighted by atomic mass is 10.1. The van der Waals surface area contributed by atoms with Gasteiger partial charge < -0.3 is 10.4 Å². The molecule has 0 unspecified atom stereocenters. The van der Waals surface area contributed by atoms with Crippen molar-refractivity contribution in [2.24, 2.45) is 0 Å². The van der Waals surface area contributed by atoms with Crippen molar-refractivity contribution in [1.82, 2.24) is 15.1 Å². The number of benzene rings is 2. The Hall–Kier alpha value is -3.72.